The lowest BCUT2D eigenvalue weighted by Gasteiger charge is -2.27. The van der Waals surface area contributed by atoms with E-state index < -0.39 is 5.54 Å². The van der Waals surface area contributed by atoms with Gasteiger partial charge >= 0.3 is 0 Å². The van der Waals surface area contributed by atoms with E-state index >= 15 is 0 Å². The molecule has 0 saturated heterocycles. The summed E-state index contributed by atoms with van der Waals surface area (Å²) in [6.07, 6.45) is 4.69. The van der Waals surface area contributed by atoms with Crippen LogP contribution in [-0.2, 0) is 12.8 Å². The molecular weight excluding hydrogens is 250 g/mol. The van der Waals surface area contributed by atoms with Crippen molar-refractivity contribution in [2.24, 2.45) is 0 Å². The van der Waals surface area contributed by atoms with Crippen molar-refractivity contribution in [3.05, 3.63) is 34.9 Å². The van der Waals surface area contributed by atoms with E-state index in [1.807, 2.05) is 26.8 Å². The predicted molar refractivity (Wildman–Crippen MR) is 81.2 cm³/mol. The van der Waals surface area contributed by atoms with Gasteiger partial charge in [-0.25, -0.2) is 0 Å². The van der Waals surface area contributed by atoms with Gasteiger partial charge in [-0.15, -0.1) is 0 Å². The number of benzene rings is 1. The number of hydrogen-bond acceptors (Lipinski definition) is 3. The minimum absolute atomic E-state index is 0.00874. The van der Waals surface area contributed by atoms with Gasteiger partial charge in [0.1, 0.15) is 0 Å². The zero-order valence-corrected chi connectivity index (χ0v) is 12.7. The molecule has 0 radical (unpaired) electrons. The number of Topliss-reactive ketones (excluding diaryl/α,β-unsaturated/α-hetero) is 1. The number of carbonyl (C=O) groups is 1. The van der Waals surface area contributed by atoms with Gasteiger partial charge in [-0.3, -0.25) is 4.79 Å². The third-order valence-corrected chi connectivity index (χ3v) is 4.03. The molecule has 0 bridgehead atoms. The molecule has 2 N–H and O–H groups in total. The number of rotatable bonds is 5. The van der Waals surface area contributed by atoms with E-state index in [1.165, 1.54) is 24.0 Å². The Morgan fingerprint density at radius 2 is 1.95 bits per heavy atom. The Kier molecular flexibility index (Phi) is 4.61. The van der Waals surface area contributed by atoms with Crippen LogP contribution in [-0.4, -0.2) is 29.1 Å². The van der Waals surface area contributed by atoms with E-state index in [-0.39, 0.29) is 18.4 Å². The molecule has 1 aromatic carbocycles. The van der Waals surface area contributed by atoms with Crippen molar-refractivity contribution in [2.75, 3.05) is 6.61 Å². The molecule has 2 rings (SSSR count). The maximum atomic E-state index is 12.5. The van der Waals surface area contributed by atoms with Crippen LogP contribution in [0.3, 0.4) is 0 Å². The van der Waals surface area contributed by atoms with Crippen molar-refractivity contribution >= 4 is 5.78 Å². The van der Waals surface area contributed by atoms with E-state index in [4.69, 9.17) is 0 Å². The van der Waals surface area contributed by atoms with Crippen molar-refractivity contribution in [1.29, 1.82) is 0 Å². The molecule has 0 spiro atoms. The van der Waals surface area contributed by atoms with Gasteiger partial charge < -0.3 is 10.4 Å². The highest BCUT2D eigenvalue weighted by molar-refractivity contribution is 6.00. The molecule has 1 aliphatic rings. The highest BCUT2D eigenvalue weighted by atomic mass is 16.3. The van der Waals surface area contributed by atoms with Crippen LogP contribution < -0.4 is 5.32 Å². The van der Waals surface area contributed by atoms with E-state index in [1.54, 1.807) is 0 Å². The SMILES string of the molecule is CC(NC(C)(C)CO)C(=O)c1ccc2c(c1)CCCC2. The fourth-order valence-electron chi connectivity index (χ4n) is 2.83. The summed E-state index contributed by atoms with van der Waals surface area (Å²) in [7, 11) is 0. The molecule has 3 nitrogen and oxygen atoms in total. The van der Waals surface area contributed by atoms with Crippen LogP contribution in [0.15, 0.2) is 18.2 Å². The zero-order valence-electron chi connectivity index (χ0n) is 12.7. The Morgan fingerprint density at radius 1 is 1.30 bits per heavy atom. The van der Waals surface area contributed by atoms with Crippen molar-refractivity contribution in [3.63, 3.8) is 0 Å². The molecule has 20 heavy (non-hydrogen) atoms. The summed E-state index contributed by atoms with van der Waals surface area (Å²) in [5.41, 5.74) is 3.06. The van der Waals surface area contributed by atoms with Crippen molar-refractivity contribution in [2.45, 2.75) is 58.0 Å². The summed E-state index contributed by atoms with van der Waals surface area (Å²) in [5.74, 6) is 0.0971. The summed E-state index contributed by atoms with van der Waals surface area (Å²) in [6, 6.07) is 5.81. The van der Waals surface area contributed by atoms with E-state index in [0.29, 0.717) is 0 Å². The number of aliphatic hydroxyl groups is 1. The van der Waals surface area contributed by atoms with Gasteiger partial charge in [-0.2, -0.15) is 0 Å². The normalized spacial score (nSPS) is 16.6. The number of ketones is 1. The Morgan fingerprint density at radius 3 is 2.60 bits per heavy atom. The van der Waals surface area contributed by atoms with Gasteiger partial charge in [0.05, 0.1) is 12.6 Å². The first-order valence-electron chi connectivity index (χ1n) is 7.47. The molecule has 3 heteroatoms. The molecule has 110 valence electrons. The van der Waals surface area contributed by atoms with E-state index in [2.05, 4.69) is 17.4 Å². The third-order valence-electron chi connectivity index (χ3n) is 4.03. The Hall–Kier alpha value is -1.19. The molecule has 0 fully saturated rings. The summed E-state index contributed by atoms with van der Waals surface area (Å²) >= 11 is 0. The van der Waals surface area contributed by atoms with Crippen LogP contribution in [0, 0.1) is 0 Å². The van der Waals surface area contributed by atoms with E-state index in [9.17, 15) is 9.90 Å². The number of nitrogens with one attached hydrogen (secondary N) is 1. The second kappa shape index (κ2) is 6.06. The molecule has 1 aromatic rings. The van der Waals surface area contributed by atoms with Crippen LogP contribution in [0.1, 0.15) is 55.1 Å². The van der Waals surface area contributed by atoms with Crippen molar-refractivity contribution in [1.82, 2.24) is 5.32 Å². The standard InChI is InChI=1S/C17H25NO2/c1-12(18-17(2,3)11-19)16(20)15-9-8-13-6-4-5-7-14(13)10-15/h8-10,12,18-19H,4-7,11H2,1-3H3. The van der Waals surface area contributed by atoms with Gasteiger partial charge in [0, 0.05) is 11.1 Å². The minimum Gasteiger partial charge on any atom is -0.394 e. The van der Waals surface area contributed by atoms with Gasteiger partial charge in [0.15, 0.2) is 5.78 Å². The number of hydrogen-bond donors (Lipinski definition) is 2. The van der Waals surface area contributed by atoms with Crippen molar-refractivity contribution < 1.29 is 9.90 Å². The minimum atomic E-state index is -0.441. The number of aryl methyl sites for hydroxylation is 2. The Balaban J connectivity index is 2.12. The summed E-state index contributed by atoms with van der Waals surface area (Å²) in [5, 5.41) is 12.5. The first-order chi connectivity index (χ1) is 9.43. The number of fused-ring (bicyclic) bond motifs is 1. The molecule has 0 saturated carbocycles. The molecule has 0 aliphatic heterocycles. The Bertz CT molecular complexity index is 494. The first-order valence-corrected chi connectivity index (χ1v) is 7.47. The van der Waals surface area contributed by atoms with Crippen LogP contribution >= 0.6 is 0 Å². The van der Waals surface area contributed by atoms with Crippen LogP contribution in [0.2, 0.25) is 0 Å². The fourth-order valence-corrected chi connectivity index (χ4v) is 2.83. The molecule has 0 aromatic heterocycles. The van der Waals surface area contributed by atoms with Gasteiger partial charge in [0.2, 0.25) is 0 Å². The topological polar surface area (TPSA) is 49.3 Å². The lowest BCUT2D eigenvalue weighted by atomic mass is 9.89. The van der Waals surface area contributed by atoms with Gasteiger partial charge in [-0.05, 0) is 63.6 Å². The molecule has 1 atom stereocenters. The third kappa shape index (κ3) is 3.47. The summed E-state index contributed by atoms with van der Waals surface area (Å²) in [4.78, 5) is 12.5. The van der Waals surface area contributed by atoms with Gasteiger partial charge in [-0.1, -0.05) is 12.1 Å². The highest BCUT2D eigenvalue weighted by Gasteiger charge is 2.24. The quantitative estimate of drug-likeness (QED) is 0.812. The molecule has 0 amide bonds. The van der Waals surface area contributed by atoms with Crippen LogP contribution in [0.5, 0.6) is 0 Å². The van der Waals surface area contributed by atoms with Crippen LogP contribution in [0.4, 0.5) is 0 Å². The van der Waals surface area contributed by atoms with Crippen molar-refractivity contribution in [3.8, 4) is 0 Å². The lowest BCUT2D eigenvalue weighted by Crippen LogP contribution is -2.50. The monoisotopic (exact) mass is 275 g/mol. The van der Waals surface area contributed by atoms with Crippen LogP contribution in [0.25, 0.3) is 0 Å². The zero-order chi connectivity index (χ0) is 14.8. The second-order valence-electron chi connectivity index (χ2n) is 6.46. The summed E-state index contributed by atoms with van der Waals surface area (Å²) < 4.78 is 0. The highest BCUT2D eigenvalue weighted by Crippen LogP contribution is 2.23. The second-order valence-corrected chi connectivity index (χ2v) is 6.46. The predicted octanol–water partition coefficient (Wildman–Crippen LogP) is 2.50. The smallest absolute Gasteiger partial charge is 0.179 e. The number of carbonyl (C=O) groups excluding carboxylic acids is 1. The molecule has 1 aliphatic carbocycles. The fraction of sp³-hybridized carbons (Fsp3) is 0.588. The average Bonchev–Trinajstić information content (AvgIpc) is 2.45. The Labute approximate surface area is 121 Å². The average molecular weight is 275 g/mol. The first kappa shape index (κ1) is 15.2. The summed E-state index contributed by atoms with van der Waals surface area (Å²) in [6.45, 7) is 5.65. The molecule has 1 unspecified atom stereocenters. The molecule has 0 heterocycles. The molecular formula is C17H25NO2. The maximum Gasteiger partial charge on any atom is 0.179 e. The van der Waals surface area contributed by atoms with E-state index in [0.717, 1.165) is 18.4 Å². The lowest BCUT2D eigenvalue weighted by molar-refractivity contribution is 0.0911. The maximum absolute atomic E-state index is 12.5. The van der Waals surface area contributed by atoms with Gasteiger partial charge in [0.25, 0.3) is 0 Å². The largest absolute Gasteiger partial charge is 0.394 e. The number of aliphatic hydroxyl groups excluding tert-OH is 1.